The van der Waals surface area contributed by atoms with E-state index in [0.29, 0.717) is 12.4 Å². The van der Waals surface area contributed by atoms with Gasteiger partial charge >= 0.3 is 0 Å². The minimum Gasteiger partial charge on any atom is -0.493 e. The van der Waals surface area contributed by atoms with E-state index in [1.807, 2.05) is 25.1 Å². The highest BCUT2D eigenvalue weighted by molar-refractivity contribution is 5.76. The van der Waals surface area contributed by atoms with E-state index in [4.69, 9.17) is 9.47 Å². The van der Waals surface area contributed by atoms with Crippen LogP contribution in [-0.2, 0) is 0 Å². The first-order chi connectivity index (χ1) is 11.7. The Morgan fingerprint density at radius 2 is 1.67 bits per heavy atom. The quantitative estimate of drug-likeness (QED) is 0.531. The number of hydrogen-bond acceptors (Lipinski definition) is 3. The highest BCUT2D eigenvalue weighted by Crippen LogP contribution is 2.43. The molecule has 0 bridgehead atoms. The van der Waals surface area contributed by atoms with Gasteiger partial charge in [0.1, 0.15) is 0 Å². The molecule has 0 radical (unpaired) electrons. The van der Waals surface area contributed by atoms with Crippen molar-refractivity contribution in [1.82, 2.24) is 0 Å². The van der Waals surface area contributed by atoms with Gasteiger partial charge in [-0.05, 0) is 54.7 Å². The third-order valence-electron chi connectivity index (χ3n) is 4.71. The van der Waals surface area contributed by atoms with Gasteiger partial charge in [-0.25, -0.2) is 0 Å². The lowest BCUT2D eigenvalue weighted by Crippen LogP contribution is -1.99. The summed E-state index contributed by atoms with van der Waals surface area (Å²) in [5.41, 5.74) is 3.30. The fourth-order valence-corrected chi connectivity index (χ4v) is 3.39. The molecule has 0 aromatic heterocycles. The summed E-state index contributed by atoms with van der Waals surface area (Å²) in [4.78, 5) is 0. The van der Waals surface area contributed by atoms with E-state index in [1.54, 1.807) is 7.11 Å². The summed E-state index contributed by atoms with van der Waals surface area (Å²) in [5.74, 6) is 1.46. The summed E-state index contributed by atoms with van der Waals surface area (Å²) in [5, 5.41) is 10.3. The second kappa shape index (κ2) is 9.73. The molecule has 24 heavy (non-hydrogen) atoms. The van der Waals surface area contributed by atoms with Crippen molar-refractivity contribution in [2.24, 2.45) is 0 Å². The van der Waals surface area contributed by atoms with Gasteiger partial charge in [-0.2, -0.15) is 0 Å². The number of aliphatic hydroxyl groups excluding tert-OH is 1. The Labute approximate surface area is 146 Å². The van der Waals surface area contributed by atoms with Crippen LogP contribution in [0.3, 0.4) is 0 Å². The molecule has 1 aliphatic rings. The van der Waals surface area contributed by atoms with Crippen molar-refractivity contribution in [1.29, 1.82) is 0 Å². The number of fused-ring (bicyclic) bond motifs is 1. The number of ether oxygens (including phenoxy) is 2. The van der Waals surface area contributed by atoms with Gasteiger partial charge in [0.15, 0.2) is 11.5 Å². The summed E-state index contributed by atoms with van der Waals surface area (Å²) >= 11 is 0. The molecule has 0 aliphatic heterocycles. The number of rotatable bonds is 11. The first-order valence-corrected chi connectivity index (χ1v) is 9.45. The van der Waals surface area contributed by atoms with E-state index in [0.717, 1.165) is 23.3 Å². The van der Waals surface area contributed by atoms with Crippen LogP contribution < -0.4 is 9.47 Å². The van der Waals surface area contributed by atoms with Crippen molar-refractivity contribution < 1.29 is 14.6 Å². The SMILES string of the molecule is CCCCCCCCCC1=CC(O)c2cc(OCC)c(OC)cc21. The average molecular weight is 332 g/mol. The van der Waals surface area contributed by atoms with E-state index in [2.05, 4.69) is 6.92 Å². The summed E-state index contributed by atoms with van der Waals surface area (Å²) in [7, 11) is 1.66. The van der Waals surface area contributed by atoms with Crippen LogP contribution in [0.1, 0.15) is 82.4 Å². The molecule has 0 spiro atoms. The number of benzene rings is 1. The molecule has 0 amide bonds. The van der Waals surface area contributed by atoms with Crippen LogP contribution in [0.15, 0.2) is 18.2 Å². The molecule has 0 fully saturated rings. The Balaban J connectivity index is 1.94. The molecule has 1 unspecified atom stereocenters. The fourth-order valence-electron chi connectivity index (χ4n) is 3.39. The number of hydrogen-bond donors (Lipinski definition) is 1. The highest BCUT2D eigenvalue weighted by atomic mass is 16.5. The van der Waals surface area contributed by atoms with E-state index < -0.39 is 6.10 Å². The average Bonchev–Trinajstić information content (AvgIpc) is 2.89. The predicted octanol–water partition coefficient (Wildman–Crippen LogP) is 5.67. The van der Waals surface area contributed by atoms with Gasteiger partial charge in [0.05, 0.1) is 19.8 Å². The minimum absolute atomic E-state index is 0.523. The number of allylic oxidation sites excluding steroid dienone is 1. The van der Waals surface area contributed by atoms with Crippen molar-refractivity contribution in [3.05, 3.63) is 29.3 Å². The first-order valence-electron chi connectivity index (χ1n) is 9.45. The van der Waals surface area contributed by atoms with Gasteiger partial charge in [-0.1, -0.05) is 45.4 Å². The molecule has 2 rings (SSSR count). The summed E-state index contributed by atoms with van der Waals surface area (Å²) < 4.78 is 11.1. The predicted molar refractivity (Wildman–Crippen MR) is 99.7 cm³/mol. The minimum atomic E-state index is -0.523. The van der Waals surface area contributed by atoms with E-state index in [9.17, 15) is 5.11 Å². The maximum absolute atomic E-state index is 10.3. The fraction of sp³-hybridized carbons (Fsp3) is 0.619. The summed E-state index contributed by atoms with van der Waals surface area (Å²) in [6.45, 7) is 4.79. The lowest BCUT2D eigenvalue weighted by molar-refractivity contribution is 0.230. The highest BCUT2D eigenvalue weighted by Gasteiger charge is 2.24. The van der Waals surface area contributed by atoms with Gasteiger partial charge in [0, 0.05) is 0 Å². The lowest BCUT2D eigenvalue weighted by Gasteiger charge is -2.14. The van der Waals surface area contributed by atoms with Crippen molar-refractivity contribution in [3.8, 4) is 11.5 Å². The zero-order chi connectivity index (χ0) is 17.4. The van der Waals surface area contributed by atoms with Crippen molar-refractivity contribution in [2.45, 2.75) is 71.3 Å². The molecule has 1 aliphatic carbocycles. The zero-order valence-electron chi connectivity index (χ0n) is 15.4. The Morgan fingerprint density at radius 3 is 2.33 bits per heavy atom. The van der Waals surface area contributed by atoms with E-state index in [-0.39, 0.29) is 0 Å². The second-order valence-corrected chi connectivity index (χ2v) is 6.53. The van der Waals surface area contributed by atoms with Crippen molar-refractivity contribution in [3.63, 3.8) is 0 Å². The van der Waals surface area contributed by atoms with Crippen LogP contribution in [0.5, 0.6) is 11.5 Å². The molecular formula is C21H32O3. The van der Waals surface area contributed by atoms with Crippen molar-refractivity contribution in [2.75, 3.05) is 13.7 Å². The molecule has 1 atom stereocenters. The van der Waals surface area contributed by atoms with Gasteiger partial charge < -0.3 is 14.6 Å². The Kier molecular flexibility index (Phi) is 7.64. The third kappa shape index (κ3) is 4.76. The third-order valence-corrected chi connectivity index (χ3v) is 4.71. The molecular weight excluding hydrogens is 300 g/mol. The topological polar surface area (TPSA) is 38.7 Å². The van der Waals surface area contributed by atoms with Gasteiger partial charge in [0.25, 0.3) is 0 Å². The largest absolute Gasteiger partial charge is 0.493 e. The number of unbranched alkanes of at least 4 members (excludes halogenated alkanes) is 6. The monoisotopic (exact) mass is 332 g/mol. The molecule has 0 saturated carbocycles. The molecule has 1 aromatic carbocycles. The maximum atomic E-state index is 10.3. The maximum Gasteiger partial charge on any atom is 0.161 e. The molecule has 134 valence electrons. The molecule has 3 heteroatoms. The van der Waals surface area contributed by atoms with Crippen molar-refractivity contribution >= 4 is 5.57 Å². The smallest absolute Gasteiger partial charge is 0.161 e. The number of aliphatic hydroxyl groups is 1. The second-order valence-electron chi connectivity index (χ2n) is 6.53. The Morgan fingerprint density at radius 1 is 0.958 bits per heavy atom. The summed E-state index contributed by atoms with van der Waals surface area (Å²) in [6.07, 6.45) is 11.6. The van der Waals surface area contributed by atoms with Crippen LogP contribution in [0.25, 0.3) is 5.57 Å². The van der Waals surface area contributed by atoms with Crippen LogP contribution in [-0.4, -0.2) is 18.8 Å². The van der Waals surface area contributed by atoms with Crippen LogP contribution in [0.2, 0.25) is 0 Å². The van der Waals surface area contributed by atoms with E-state index in [1.165, 1.54) is 50.5 Å². The van der Waals surface area contributed by atoms with E-state index >= 15 is 0 Å². The Bertz CT molecular complexity index is 548. The van der Waals surface area contributed by atoms with Gasteiger partial charge in [-0.3, -0.25) is 0 Å². The molecule has 1 aromatic rings. The first kappa shape index (κ1) is 18.9. The lowest BCUT2D eigenvalue weighted by atomic mass is 9.99. The van der Waals surface area contributed by atoms with Crippen LogP contribution >= 0.6 is 0 Å². The molecule has 3 nitrogen and oxygen atoms in total. The molecule has 1 N–H and O–H groups in total. The number of methoxy groups -OCH3 is 1. The zero-order valence-corrected chi connectivity index (χ0v) is 15.4. The molecule has 0 saturated heterocycles. The summed E-state index contributed by atoms with van der Waals surface area (Å²) in [6, 6.07) is 3.94. The van der Waals surface area contributed by atoms with Crippen LogP contribution in [0, 0.1) is 0 Å². The van der Waals surface area contributed by atoms with Gasteiger partial charge in [0.2, 0.25) is 0 Å². The standard InChI is InChI=1S/C21H32O3/c1-4-6-7-8-9-10-11-12-16-13-19(22)18-15-21(24-5-2)20(23-3)14-17(16)18/h13-15,19,22H,4-12H2,1-3H3. The van der Waals surface area contributed by atoms with Crippen LogP contribution in [0.4, 0.5) is 0 Å². The Hall–Kier alpha value is -1.48. The van der Waals surface area contributed by atoms with Gasteiger partial charge in [-0.15, -0.1) is 0 Å². The molecule has 0 heterocycles. The normalized spacial score (nSPS) is 16.0.